The van der Waals surface area contributed by atoms with Crippen molar-refractivity contribution in [2.75, 3.05) is 26.3 Å². The van der Waals surface area contributed by atoms with E-state index in [1.54, 1.807) is 25.7 Å². The number of hydrogen-bond donors (Lipinski definition) is 1. The zero-order valence-electron chi connectivity index (χ0n) is 15.3. The van der Waals surface area contributed by atoms with Gasteiger partial charge < -0.3 is 19.4 Å². The number of carbonyl (C=O) groups is 3. The molecule has 2 heterocycles. The van der Waals surface area contributed by atoms with Crippen LogP contribution in [0.5, 0.6) is 0 Å². The molecule has 1 aliphatic heterocycles. The molecule has 0 saturated carbocycles. The fourth-order valence-corrected chi connectivity index (χ4v) is 3.17. The predicted octanol–water partition coefficient (Wildman–Crippen LogP) is 2.22. The first-order chi connectivity index (χ1) is 11.8. The van der Waals surface area contributed by atoms with Gasteiger partial charge in [0, 0.05) is 18.8 Å². The fourth-order valence-electron chi connectivity index (χ4n) is 3.17. The molecule has 0 radical (unpaired) electrons. The van der Waals surface area contributed by atoms with Gasteiger partial charge in [-0.05, 0) is 45.1 Å². The summed E-state index contributed by atoms with van der Waals surface area (Å²) in [6.07, 6.45) is 2.09. The van der Waals surface area contributed by atoms with E-state index in [2.05, 4.69) is 11.9 Å². The molecule has 0 aliphatic carbocycles. The van der Waals surface area contributed by atoms with Crippen molar-refractivity contribution < 1.29 is 23.9 Å². The summed E-state index contributed by atoms with van der Waals surface area (Å²) in [5.74, 6) is -0.841. The number of rotatable bonds is 5. The molecule has 1 aliphatic rings. The lowest BCUT2D eigenvalue weighted by Gasteiger charge is -2.30. The lowest BCUT2D eigenvalue weighted by atomic mass is 10.0. The first-order valence-electron chi connectivity index (χ1n) is 8.66. The second-order valence-corrected chi connectivity index (χ2v) is 6.51. The Kier molecular flexibility index (Phi) is 6.22. The molecule has 0 spiro atoms. The first kappa shape index (κ1) is 19.0. The van der Waals surface area contributed by atoms with Gasteiger partial charge in [0.25, 0.3) is 5.91 Å². The Balaban J connectivity index is 2.01. The Morgan fingerprint density at radius 2 is 1.92 bits per heavy atom. The van der Waals surface area contributed by atoms with Crippen LogP contribution in [0.2, 0.25) is 0 Å². The number of piperidine rings is 1. The molecular weight excluding hydrogens is 324 g/mol. The Morgan fingerprint density at radius 1 is 1.20 bits per heavy atom. The number of nitrogens with one attached hydrogen (secondary N) is 1. The second-order valence-electron chi connectivity index (χ2n) is 6.51. The summed E-state index contributed by atoms with van der Waals surface area (Å²) < 4.78 is 10.2. The number of likely N-dealkylation sites (tertiary alicyclic amines) is 1. The summed E-state index contributed by atoms with van der Waals surface area (Å²) in [6, 6.07) is 0. The third kappa shape index (κ3) is 4.41. The molecule has 1 aromatic heterocycles. The molecule has 7 heteroatoms. The zero-order valence-corrected chi connectivity index (χ0v) is 15.3. The van der Waals surface area contributed by atoms with Crippen molar-refractivity contribution in [1.82, 2.24) is 9.88 Å². The van der Waals surface area contributed by atoms with Gasteiger partial charge in [0.15, 0.2) is 6.61 Å². The van der Waals surface area contributed by atoms with Crippen LogP contribution in [0.25, 0.3) is 0 Å². The molecule has 2 rings (SSSR count). The number of carbonyl (C=O) groups excluding carboxylic acids is 3. The molecule has 7 nitrogen and oxygen atoms in total. The summed E-state index contributed by atoms with van der Waals surface area (Å²) in [5.41, 5.74) is 1.51. The Labute approximate surface area is 147 Å². The van der Waals surface area contributed by atoms with E-state index >= 15 is 0 Å². The van der Waals surface area contributed by atoms with Crippen molar-refractivity contribution in [3.63, 3.8) is 0 Å². The lowest BCUT2D eigenvalue weighted by Crippen LogP contribution is -2.41. The van der Waals surface area contributed by atoms with Crippen LogP contribution in [0.15, 0.2) is 0 Å². The highest BCUT2D eigenvalue weighted by molar-refractivity contribution is 5.99. The highest BCUT2D eigenvalue weighted by Crippen LogP contribution is 2.20. The van der Waals surface area contributed by atoms with Gasteiger partial charge in [0.1, 0.15) is 5.69 Å². The van der Waals surface area contributed by atoms with Gasteiger partial charge in [0.2, 0.25) is 0 Å². The molecule has 138 valence electrons. The van der Waals surface area contributed by atoms with Gasteiger partial charge in [-0.2, -0.15) is 0 Å². The van der Waals surface area contributed by atoms with Crippen molar-refractivity contribution in [3.05, 3.63) is 22.5 Å². The first-order valence-corrected chi connectivity index (χ1v) is 8.66. The monoisotopic (exact) mass is 350 g/mol. The van der Waals surface area contributed by atoms with Crippen LogP contribution >= 0.6 is 0 Å². The summed E-state index contributed by atoms with van der Waals surface area (Å²) >= 11 is 0. The minimum atomic E-state index is -0.611. The molecule has 1 atom stereocenters. The average molecular weight is 350 g/mol. The Bertz CT molecular complexity index is 665. The number of hydrogen-bond acceptors (Lipinski definition) is 5. The van der Waals surface area contributed by atoms with Crippen molar-refractivity contribution in [2.24, 2.45) is 5.92 Å². The topological polar surface area (TPSA) is 88.7 Å². The van der Waals surface area contributed by atoms with E-state index in [1.807, 2.05) is 0 Å². The second kappa shape index (κ2) is 8.18. The minimum Gasteiger partial charge on any atom is -0.461 e. The maximum absolute atomic E-state index is 12.4. The quantitative estimate of drug-likeness (QED) is 0.823. The number of nitrogens with zero attached hydrogens (tertiary/aromatic N) is 1. The predicted molar refractivity (Wildman–Crippen MR) is 91.5 cm³/mol. The molecule has 1 aromatic rings. The number of aromatic nitrogens is 1. The summed E-state index contributed by atoms with van der Waals surface area (Å²) in [6.45, 7) is 8.52. The van der Waals surface area contributed by atoms with Gasteiger partial charge in [-0.25, -0.2) is 9.59 Å². The van der Waals surface area contributed by atoms with Gasteiger partial charge >= 0.3 is 11.9 Å². The minimum absolute atomic E-state index is 0.184. The number of amides is 1. The third-order valence-electron chi connectivity index (χ3n) is 4.46. The van der Waals surface area contributed by atoms with E-state index in [1.165, 1.54) is 0 Å². The van der Waals surface area contributed by atoms with Gasteiger partial charge in [-0.15, -0.1) is 0 Å². The Hall–Kier alpha value is -2.31. The third-order valence-corrected chi connectivity index (χ3v) is 4.46. The maximum Gasteiger partial charge on any atom is 0.355 e. The van der Waals surface area contributed by atoms with Gasteiger partial charge in [0.05, 0.1) is 12.2 Å². The molecule has 1 saturated heterocycles. The molecule has 0 aromatic carbocycles. The van der Waals surface area contributed by atoms with Crippen LogP contribution < -0.4 is 0 Å². The van der Waals surface area contributed by atoms with Gasteiger partial charge in [-0.1, -0.05) is 6.92 Å². The molecule has 0 unspecified atom stereocenters. The van der Waals surface area contributed by atoms with E-state index in [9.17, 15) is 14.4 Å². The van der Waals surface area contributed by atoms with E-state index in [0.717, 1.165) is 12.8 Å². The van der Waals surface area contributed by atoms with Gasteiger partial charge in [-0.3, -0.25) is 4.79 Å². The molecular formula is C18H26N2O5. The highest BCUT2D eigenvalue weighted by Gasteiger charge is 2.26. The molecule has 1 amide bonds. The van der Waals surface area contributed by atoms with E-state index in [0.29, 0.717) is 30.3 Å². The van der Waals surface area contributed by atoms with Crippen molar-refractivity contribution in [1.29, 1.82) is 0 Å². The van der Waals surface area contributed by atoms with Crippen LogP contribution in [0.1, 0.15) is 58.8 Å². The standard InChI is InChI=1S/C18H26N2O5/c1-5-24-18(23)16-12(3)15(13(4)19-16)17(22)25-10-14(21)20-8-6-7-11(2)9-20/h11,19H,5-10H2,1-4H3/t11-/m1/s1. The molecule has 1 fully saturated rings. The molecule has 0 bridgehead atoms. The smallest absolute Gasteiger partial charge is 0.355 e. The fraction of sp³-hybridized carbons (Fsp3) is 0.611. The van der Waals surface area contributed by atoms with Crippen molar-refractivity contribution in [2.45, 2.75) is 40.5 Å². The zero-order chi connectivity index (χ0) is 18.6. The largest absolute Gasteiger partial charge is 0.461 e. The number of H-pyrrole nitrogens is 1. The number of ether oxygens (including phenoxy) is 2. The van der Waals surface area contributed by atoms with Crippen LogP contribution in [-0.4, -0.2) is 54.0 Å². The van der Waals surface area contributed by atoms with E-state index in [-0.39, 0.29) is 30.4 Å². The average Bonchev–Trinajstić information content (AvgIpc) is 2.87. The van der Waals surface area contributed by atoms with Crippen molar-refractivity contribution in [3.8, 4) is 0 Å². The number of esters is 2. The van der Waals surface area contributed by atoms with Crippen molar-refractivity contribution >= 4 is 17.8 Å². The molecule has 1 N–H and O–H groups in total. The summed E-state index contributed by atoms with van der Waals surface area (Å²) in [5, 5.41) is 0. The van der Waals surface area contributed by atoms with Crippen LogP contribution in [0, 0.1) is 19.8 Å². The summed E-state index contributed by atoms with van der Waals surface area (Å²) in [7, 11) is 0. The number of aromatic amines is 1. The van der Waals surface area contributed by atoms with E-state index < -0.39 is 11.9 Å². The molecule has 25 heavy (non-hydrogen) atoms. The maximum atomic E-state index is 12.4. The van der Waals surface area contributed by atoms with Crippen LogP contribution in [0.4, 0.5) is 0 Å². The Morgan fingerprint density at radius 3 is 2.56 bits per heavy atom. The normalized spacial score (nSPS) is 17.3. The van der Waals surface area contributed by atoms with E-state index in [4.69, 9.17) is 9.47 Å². The highest BCUT2D eigenvalue weighted by atomic mass is 16.5. The SMILES string of the molecule is CCOC(=O)c1[nH]c(C)c(C(=O)OCC(=O)N2CCC[C@@H](C)C2)c1C. The van der Waals surface area contributed by atoms with Crippen LogP contribution in [0.3, 0.4) is 0 Å². The summed E-state index contributed by atoms with van der Waals surface area (Å²) in [4.78, 5) is 41.1. The lowest BCUT2D eigenvalue weighted by molar-refractivity contribution is -0.136. The number of aryl methyl sites for hydroxylation is 1. The van der Waals surface area contributed by atoms with Crippen LogP contribution in [-0.2, 0) is 14.3 Å².